The van der Waals surface area contributed by atoms with Crippen molar-refractivity contribution in [1.82, 2.24) is 9.78 Å². The molecule has 1 aliphatic heterocycles. The van der Waals surface area contributed by atoms with Gasteiger partial charge in [0.05, 0.1) is 43.7 Å². The molecule has 1 saturated heterocycles. The van der Waals surface area contributed by atoms with E-state index >= 15 is 0 Å². The average Bonchev–Trinajstić information content (AvgIpc) is 2.54. The summed E-state index contributed by atoms with van der Waals surface area (Å²) in [6, 6.07) is 9.59. The molecule has 0 unspecified atom stereocenters. The van der Waals surface area contributed by atoms with Gasteiger partial charge in [0.2, 0.25) is 0 Å². The fourth-order valence-corrected chi connectivity index (χ4v) is 2.59. The molecule has 2 heterocycles. The Kier molecular flexibility index (Phi) is 4.66. The molecule has 3 rings (SSSR count). The molecule has 0 saturated carbocycles. The van der Waals surface area contributed by atoms with Gasteiger partial charge in [-0.1, -0.05) is 41.9 Å². The summed E-state index contributed by atoms with van der Waals surface area (Å²) in [7, 11) is 0. The molecule has 1 aromatic carbocycles. The van der Waals surface area contributed by atoms with Gasteiger partial charge in [0.25, 0.3) is 5.56 Å². The summed E-state index contributed by atoms with van der Waals surface area (Å²) in [6.07, 6.45) is 1.54. The number of anilines is 1. The number of ether oxygens (including phenoxy) is 1. The fraction of sp³-hybridized carbons (Fsp3) is 0.375. The van der Waals surface area contributed by atoms with Crippen LogP contribution in [0, 0.1) is 5.41 Å². The second-order valence-electron chi connectivity index (χ2n) is 5.83. The number of nitrogens with one attached hydrogen (secondary N) is 1. The van der Waals surface area contributed by atoms with Crippen LogP contribution in [0.15, 0.2) is 41.3 Å². The topological polar surface area (TPSA) is 76.4 Å². The summed E-state index contributed by atoms with van der Waals surface area (Å²) >= 11 is 6.17. The molecule has 6 nitrogen and oxygen atoms in total. The summed E-state index contributed by atoms with van der Waals surface area (Å²) in [5.74, 6) is 0. The van der Waals surface area contributed by atoms with Gasteiger partial charge in [-0.25, -0.2) is 4.68 Å². The van der Waals surface area contributed by atoms with Crippen LogP contribution in [0.2, 0.25) is 5.02 Å². The highest BCUT2D eigenvalue weighted by Crippen LogP contribution is 2.28. The van der Waals surface area contributed by atoms with Crippen LogP contribution in [0.3, 0.4) is 0 Å². The molecule has 0 radical (unpaired) electrons. The predicted molar refractivity (Wildman–Crippen MR) is 87.9 cm³/mol. The number of nitrogens with zero attached hydrogens (tertiary/aromatic N) is 2. The van der Waals surface area contributed by atoms with E-state index in [-0.39, 0.29) is 22.6 Å². The number of benzene rings is 1. The highest BCUT2D eigenvalue weighted by Gasteiger charge is 2.38. The zero-order chi connectivity index (χ0) is 16.3. The lowest BCUT2D eigenvalue weighted by molar-refractivity contribution is -0.128. The quantitative estimate of drug-likeness (QED) is 0.833. The molecule has 0 amide bonds. The Morgan fingerprint density at radius 2 is 2.09 bits per heavy atom. The molecule has 1 fully saturated rings. The molecule has 23 heavy (non-hydrogen) atoms. The van der Waals surface area contributed by atoms with Gasteiger partial charge in [0.1, 0.15) is 5.02 Å². The van der Waals surface area contributed by atoms with Gasteiger partial charge in [0.15, 0.2) is 0 Å². The smallest absolute Gasteiger partial charge is 0.287 e. The maximum Gasteiger partial charge on any atom is 0.287 e. The molecule has 7 heteroatoms. The first-order chi connectivity index (χ1) is 11.1. The fourth-order valence-electron chi connectivity index (χ4n) is 2.38. The molecule has 1 aromatic heterocycles. The molecular weight excluding hydrogens is 318 g/mol. The molecule has 0 bridgehead atoms. The highest BCUT2D eigenvalue weighted by atomic mass is 35.5. The molecule has 122 valence electrons. The average molecular weight is 336 g/mol. The second-order valence-corrected chi connectivity index (χ2v) is 6.20. The van der Waals surface area contributed by atoms with Gasteiger partial charge >= 0.3 is 0 Å². The summed E-state index contributed by atoms with van der Waals surface area (Å²) < 4.78 is 6.47. The number of aliphatic hydroxyl groups is 1. The van der Waals surface area contributed by atoms with Crippen LogP contribution in [-0.2, 0) is 11.3 Å². The number of halogens is 1. The highest BCUT2D eigenvalue weighted by molar-refractivity contribution is 6.32. The van der Waals surface area contributed by atoms with Crippen LogP contribution >= 0.6 is 11.6 Å². The van der Waals surface area contributed by atoms with Crippen LogP contribution in [-0.4, -0.2) is 41.3 Å². The van der Waals surface area contributed by atoms with E-state index < -0.39 is 0 Å². The van der Waals surface area contributed by atoms with Gasteiger partial charge in [-0.15, -0.1) is 0 Å². The molecule has 2 aromatic rings. The van der Waals surface area contributed by atoms with Gasteiger partial charge in [-0.05, 0) is 5.56 Å². The predicted octanol–water partition coefficient (Wildman–Crippen LogP) is 1.37. The minimum absolute atomic E-state index is 0.0239. The third kappa shape index (κ3) is 3.39. The molecule has 1 aliphatic rings. The standard InChI is InChI=1S/C16H18ClN3O3/c17-14-13(18-8-16(9-21)10-23-11-16)6-19-20(15(14)22)7-12-4-2-1-3-5-12/h1-6,18,21H,7-11H2. The monoisotopic (exact) mass is 335 g/mol. The van der Waals surface area contributed by atoms with Crippen LogP contribution in [0.1, 0.15) is 5.56 Å². The second kappa shape index (κ2) is 6.70. The molecular formula is C16H18ClN3O3. The largest absolute Gasteiger partial charge is 0.396 e. The van der Waals surface area contributed by atoms with Crippen molar-refractivity contribution in [3.8, 4) is 0 Å². The van der Waals surface area contributed by atoms with E-state index in [1.165, 1.54) is 10.9 Å². The summed E-state index contributed by atoms with van der Waals surface area (Å²) in [5.41, 5.74) is 0.802. The Bertz CT molecular complexity index is 724. The molecule has 0 spiro atoms. The Morgan fingerprint density at radius 1 is 1.35 bits per heavy atom. The lowest BCUT2D eigenvalue weighted by Gasteiger charge is -2.40. The van der Waals surface area contributed by atoms with E-state index in [9.17, 15) is 9.90 Å². The van der Waals surface area contributed by atoms with Gasteiger partial charge in [0, 0.05) is 6.54 Å². The number of aromatic nitrogens is 2. The van der Waals surface area contributed by atoms with Crippen molar-refractivity contribution >= 4 is 17.3 Å². The summed E-state index contributed by atoms with van der Waals surface area (Å²) in [5, 5.41) is 16.8. The van der Waals surface area contributed by atoms with E-state index in [1.54, 1.807) is 0 Å². The minimum atomic E-state index is -0.344. The van der Waals surface area contributed by atoms with Crippen molar-refractivity contribution in [2.24, 2.45) is 5.41 Å². The van der Waals surface area contributed by atoms with E-state index in [4.69, 9.17) is 16.3 Å². The Hall–Kier alpha value is -1.89. The SMILES string of the molecule is O=c1c(Cl)c(NCC2(CO)COC2)cnn1Cc1ccccc1. The van der Waals surface area contributed by atoms with Crippen LogP contribution in [0.5, 0.6) is 0 Å². The van der Waals surface area contributed by atoms with Crippen molar-refractivity contribution in [2.45, 2.75) is 6.54 Å². The third-order valence-corrected chi connectivity index (χ3v) is 4.33. The summed E-state index contributed by atoms with van der Waals surface area (Å²) in [4.78, 5) is 12.3. The van der Waals surface area contributed by atoms with E-state index in [0.717, 1.165) is 5.56 Å². The molecule has 0 aliphatic carbocycles. The van der Waals surface area contributed by atoms with E-state index in [0.29, 0.717) is 32.0 Å². The lowest BCUT2D eigenvalue weighted by Crippen LogP contribution is -2.50. The van der Waals surface area contributed by atoms with E-state index in [2.05, 4.69) is 10.4 Å². The number of aliphatic hydroxyl groups excluding tert-OH is 1. The third-order valence-electron chi connectivity index (χ3n) is 3.97. The Balaban J connectivity index is 1.74. The maximum atomic E-state index is 12.3. The summed E-state index contributed by atoms with van der Waals surface area (Å²) in [6.45, 7) is 1.86. The van der Waals surface area contributed by atoms with Gasteiger partial charge in [-0.2, -0.15) is 5.10 Å². The maximum absolute atomic E-state index is 12.3. The lowest BCUT2D eigenvalue weighted by atomic mass is 9.87. The van der Waals surface area contributed by atoms with Crippen LogP contribution in [0.25, 0.3) is 0 Å². The van der Waals surface area contributed by atoms with Crippen molar-refractivity contribution in [2.75, 3.05) is 31.7 Å². The number of hydrogen-bond acceptors (Lipinski definition) is 5. The first-order valence-corrected chi connectivity index (χ1v) is 7.73. The Labute approximate surface area is 138 Å². The zero-order valence-corrected chi connectivity index (χ0v) is 13.3. The van der Waals surface area contributed by atoms with Crippen LogP contribution < -0.4 is 10.9 Å². The van der Waals surface area contributed by atoms with Crippen molar-refractivity contribution in [1.29, 1.82) is 0 Å². The van der Waals surface area contributed by atoms with Crippen molar-refractivity contribution in [3.05, 3.63) is 57.5 Å². The molecule has 2 N–H and O–H groups in total. The first-order valence-electron chi connectivity index (χ1n) is 7.36. The minimum Gasteiger partial charge on any atom is -0.396 e. The van der Waals surface area contributed by atoms with Gasteiger partial charge < -0.3 is 15.2 Å². The normalized spacial score (nSPS) is 15.9. The van der Waals surface area contributed by atoms with Crippen molar-refractivity contribution < 1.29 is 9.84 Å². The van der Waals surface area contributed by atoms with Crippen molar-refractivity contribution in [3.63, 3.8) is 0 Å². The van der Waals surface area contributed by atoms with E-state index in [1.807, 2.05) is 30.3 Å². The molecule has 0 atom stereocenters. The van der Waals surface area contributed by atoms with Gasteiger partial charge in [-0.3, -0.25) is 4.79 Å². The Morgan fingerprint density at radius 3 is 2.70 bits per heavy atom. The number of hydrogen-bond donors (Lipinski definition) is 2. The van der Waals surface area contributed by atoms with Crippen LogP contribution in [0.4, 0.5) is 5.69 Å². The zero-order valence-electron chi connectivity index (χ0n) is 12.5. The first kappa shape index (κ1) is 16.0. The number of rotatable bonds is 6.